The molecule has 3 N–H and O–H groups in total. The highest BCUT2D eigenvalue weighted by Gasteiger charge is 2.45. The first kappa shape index (κ1) is 8.88. The lowest BCUT2D eigenvalue weighted by molar-refractivity contribution is -0.140. The third-order valence-corrected chi connectivity index (χ3v) is 3.36. The molecule has 1 aliphatic carbocycles. The van der Waals surface area contributed by atoms with Gasteiger partial charge in [0.1, 0.15) is 6.04 Å². The Balaban J connectivity index is 1.97. The molecule has 0 spiro atoms. The second-order valence-electron chi connectivity index (χ2n) is 4.15. The van der Waals surface area contributed by atoms with Crippen LogP contribution in [0.2, 0.25) is 0 Å². The fourth-order valence-corrected chi connectivity index (χ4v) is 2.65. The number of carboxylic acids is 1. The van der Waals surface area contributed by atoms with Crippen LogP contribution in [0.15, 0.2) is 24.3 Å². The van der Waals surface area contributed by atoms with Crippen molar-refractivity contribution in [1.29, 1.82) is 0 Å². The SMILES string of the molecule is O=C(O)C1NNC2c3ccccc3CC12. The number of carboxylic acid groups (broad SMARTS) is 1. The van der Waals surface area contributed by atoms with Crippen LogP contribution in [0.4, 0.5) is 0 Å². The fraction of sp³-hybridized carbons (Fsp3) is 0.364. The number of hydrazine groups is 1. The van der Waals surface area contributed by atoms with E-state index in [0.29, 0.717) is 0 Å². The molecule has 3 atom stereocenters. The zero-order chi connectivity index (χ0) is 10.4. The summed E-state index contributed by atoms with van der Waals surface area (Å²) in [6.45, 7) is 0. The van der Waals surface area contributed by atoms with Crippen molar-refractivity contribution in [2.45, 2.75) is 18.5 Å². The largest absolute Gasteiger partial charge is 0.480 e. The Morgan fingerprint density at radius 2 is 2.13 bits per heavy atom. The Morgan fingerprint density at radius 1 is 1.33 bits per heavy atom. The van der Waals surface area contributed by atoms with Crippen molar-refractivity contribution in [3.8, 4) is 0 Å². The minimum Gasteiger partial charge on any atom is -0.480 e. The van der Waals surface area contributed by atoms with Gasteiger partial charge in [0, 0.05) is 5.92 Å². The normalized spacial score (nSPS) is 32.4. The lowest BCUT2D eigenvalue weighted by Gasteiger charge is -2.11. The third-order valence-electron chi connectivity index (χ3n) is 3.36. The summed E-state index contributed by atoms with van der Waals surface area (Å²) < 4.78 is 0. The maximum Gasteiger partial charge on any atom is 0.322 e. The predicted octanol–water partition coefficient (Wildman–Crippen LogP) is 0.461. The van der Waals surface area contributed by atoms with Crippen LogP contribution in [-0.2, 0) is 11.2 Å². The summed E-state index contributed by atoms with van der Waals surface area (Å²) in [6, 6.07) is 7.83. The van der Waals surface area contributed by atoms with Crippen molar-refractivity contribution in [3.05, 3.63) is 35.4 Å². The van der Waals surface area contributed by atoms with Gasteiger partial charge in [-0.2, -0.15) is 0 Å². The third kappa shape index (κ3) is 1.19. The number of aliphatic carboxylic acids is 1. The van der Waals surface area contributed by atoms with Gasteiger partial charge in [0.15, 0.2) is 0 Å². The van der Waals surface area contributed by atoms with Crippen molar-refractivity contribution in [1.82, 2.24) is 10.9 Å². The molecule has 1 aliphatic heterocycles. The summed E-state index contributed by atoms with van der Waals surface area (Å²) in [5.74, 6) is -0.636. The standard InChI is InChI=1S/C11H12N2O2/c14-11(15)10-8-5-6-3-1-2-4-7(6)9(8)12-13-10/h1-4,8-10,12-13H,5H2,(H,14,15). The first-order chi connectivity index (χ1) is 7.27. The van der Waals surface area contributed by atoms with E-state index in [2.05, 4.69) is 23.0 Å². The van der Waals surface area contributed by atoms with Gasteiger partial charge in [0.25, 0.3) is 0 Å². The quantitative estimate of drug-likeness (QED) is 0.622. The smallest absolute Gasteiger partial charge is 0.322 e. The second kappa shape index (κ2) is 3.05. The maximum absolute atomic E-state index is 11.0. The molecule has 1 fully saturated rings. The molecule has 4 nitrogen and oxygen atoms in total. The first-order valence-corrected chi connectivity index (χ1v) is 5.09. The highest BCUT2D eigenvalue weighted by atomic mass is 16.4. The topological polar surface area (TPSA) is 61.4 Å². The van der Waals surface area contributed by atoms with Crippen LogP contribution in [0.1, 0.15) is 17.2 Å². The molecule has 3 rings (SSSR count). The van der Waals surface area contributed by atoms with E-state index in [1.807, 2.05) is 12.1 Å². The van der Waals surface area contributed by atoms with Gasteiger partial charge in [-0.1, -0.05) is 24.3 Å². The van der Waals surface area contributed by atoms with Gasteiger partial charge in [-0.3, -0.25) is 4.79 Å². The highest BCUT2D eigenvalue weighted by molar-refractivity contribution is 5.75. The summed E-state index contributed by atoms with van der Waals surface area (Å²) in [5.41, 5.74) is 8.43. The Bertz CT molecular complexity index is 419. The number of carbonyl (C=O) groups is 1. The minimum atomic E-state index is -0.775. The number of nitrogens with one attached hydrogen (secondary N) is 2. The fourth-order valence-electron chi connectivity index (χ4n) is 2.65. The molecule has 1 saturated heterocycles. The number of fused-ring (bicyclic) bond motifs is 3. The molecule has 0 amide bonds. The molecule has 1 aromatic rings. The van der Waals surface area contributed by atoms with Gasteiger partial charge >= 0.3 is 5.97 Å². The first-order valence-electron chi connectivity index (χ1n) is 5.09. The molecular formula is C11H12N2O2. The maximum atomic E-state index is 11.0. The van der Waals surface area contributed by atoms with Crippen molar-refractivity contribution in [2.24, 2.45) is 5.92 Å². The van der Waals surface area contributed by atoms with Crippen molar-refractivity contribution in [2.75, 3.05) is 0 Å². The van der Waals surface area contributed by atoms with Crippen LogP contribution >= 0.6 is 0 Å². The number of hydrogen-bond acceptors (Lipinski definition) is 3. The Hall–Kier alpha value is -1.39. The number of hydrogen-bond donors (Lipinski definition) is 3. The van der Waals surface area contributed by atoms with Crippen LogP contribution in [0.3, 0.4) is 0 Å². The molecule has 78 valence electrons. The van der Waals surface area contributed by atoms with Gasteiger partial charge < -0.3 is 5.11 Å². The average Bonchev–Trinajstić information content (AvgIpc) is 2.74. The van der Waals surface area contributed by atoms with E-state index in [-0.39, 0.29) is 12.0 Å². The Kier molecular flexibility index (Phi) is 1.81. The number of benzene rings is 1. The molecule has 4 heteroatoms. The summed E-state index contributed by atoms with van der Waals surface area (Å²) >= 11 is 0. The molecule has 15 heavy (non-hydrogen) atoms. The average molecular weight is 204 g/mol. The lowest BCUT2D eigenvalue weighted by Crippen LogP contribution is -2.39. The molecular weight excluding hydrogens is 192 g/mol. The van der Waals surface area contributed by atoms with Crippen LogP contribution in [0, 0.1) is 5.92 Å². The molecule has 3 unspecified atom stereocenters. The van der Waals surface area contributed by atoms with Gasteiger partial charge in [-0.05, 0) is 17.5 Å². The van der Waals surface area contributed by atoms with Gasteiger partial charge in [0.2, 0.25) is 0 Å². The van der Waals surface area contributed by atoms with Crippen molar-refractivity contribution in [3.63, 3.8) is 0 Å². The summed E-state index contributed by atoms with van der Waals surface area (Å²) in [5, 5.41) is 9.04. The number of rotatable bonds is 1. The zero-order valence-electron chi connectivity index (χ0n) is 8.10. The molecule has 0 bridgehead atoms. The molecule has 0 aromatic heterocycles. The Morgan fingerprint density at radius 3 is 2.93 bits per heavy atom. The van der Waals surface area contributed by atoms with Crippen molar-refractivity contribution >= 4 is 5.97 Å². The van der Waals surface area contributed by atoms with E-state index in [1.165, 1.54) is 11.1 Å². The summed E-state index contributed by atoms with van der Waals surface area (Å²) in [7, 11) is 0. The highest BCUT2D eigenvalue weighted by Crippen LogP contribution is 2.40. The zero-order valence-corrected chi connectivity index (χ0v) is 8.10. The van der Waals surface area contributed by atoms with Gasteiger partial charge in [-0.15, -0.1) is 0 Å². The van der Waals surface area contributed by atoms with Gasteiger partial charge in [0.05, 0.1) is 6.04 Å². The van der Waals surface area contributed by atoms with Crippen molar-refractivity contribution < 1.29 is 9.90 Å². The molecule has 0 radical (unpaired) electrons. The molecule has 2 aliphatic rings. The Labute approximate surface area is 87.3 Å². The lowest BCUT2D eigenvalue weighted by atomic mass is 9.95. The van der Waals surface area contributed by atoms with Crippen LogP contribution < -0.4 is 10.9 Å². The predicted molar refractivity (Wildman–Crippen MR) is 54.1 cm³/mol. The summed E-state index contributed by atoms with van der Waals surface area (Å²) in [4.78, 5) is 11.0. The molecule has 1 aromatic carbocycles. The van der Waals surface area contributed by atoms with Crippen LogP contribution in [0.5, 0.6) is 0 Å². The van der Waals surface area contributed by atoms with E-state index < -0.39 is 12.0 Å². The summed E-state index contributed by atoms with van der Waals surface area (Å²) in [6.07, 6.45) is 0.845. The van der Waals surface area contributed by atoms with Crippen LogP contribution in [-0.4, -0.2) is 17.1 Å². The van der Waals surface area contributed by atoms with E-state index in [4.69, 9.17) is 5.11 Å². The van der Waals surface area contributed by atoms with Crippen LogP contribution in [0.25, 0.3) is 0 Å². The van der Waals surface area contributed by atoms with E-state index >= 15 is 0 Å². The minimum absolute atomic E-state index is 0.139. The molecule has 1 heterocycles. The van der Waals surface area contributed by atoms with Gasteiger partial charge in [-0.25, -0.2) is 10.9 Å². The van der Waals surface area contributed by atoms with E-state index in [0.717, 1.165) is 6.42 Å². The monoisotopic (exact) mass is 204 g/mol. The van der Waals surface area contributed by atoms with E-state index in [9.17, 15) is 4.79 Å². The van der Waals surface area contributed by atoms with E-state index in [1.54, 1.807) is 0 Å². The molecule has 0 saturated carbocycles. The second-order valence-corrected chi connectivity index (χ2v) is 4.15.